The fourth-order valence-electron chi connectivity index (χ4n) is 3.25. The Kier molecular flexibility index (Phi) is 5.47. The van der Waals surface area contributed by atoms with Crippen LogP contribution in [0, 0.1) is 0 Å². The summed E-state index contributed by atoms with van der Waals surface area (Å²) in [5.41, 5.74) is 0.535. The topological polar surface area (TPSA) is 67.4 Å². The largest absolute Gasteiger partial charge is 0.439 e. The van der Waals surface area contributed by atoms with Gasteiger partial charge < -0.3 is 15.0 Å². The molecule has 6 nitrogen and oxygen atoms in total. The van der Waals surface area contributed by atoms with Gasteiger partial charge in [-0.15, -0.1) is 0 Å². The van der Waals surface area contributed by atoms with Gasteiger partial charge in [-0.25, -0.2) is 9.97 Å². The van der Waals surface area contributed by atoms with Crippen LogP contribution in [-0.4, -0.2) is 35.0 Å². The Hall–Kier alpha value is -3.41. The first-order valence-electron chi connectivity index (χ1n) is 9.44. The van der Waals surface area contributed by atoms with Crippen LogP contribution in [0.2, 0.25) is 0 Å². The van der Waals surface area contributed by atoms with E-state index in [9.17, 15) is 4.79 Å². The minimum absolute atomic E-state index is 0.102. The number of benzene rings is 1. The zero-order valence-electron chi connectivity index (χ0n) is 15.5. The Morgan fingerprint density at radius 2 is 1.75 bits per heavy atom. The summed E-state index contributed by atoms with van der Waals surface area (Å²) >= 11 is 0. The Morgan fingerprint density at radius 1 is 0.964 bits per heavy atom. The van der Waals surface area contributed by atoms with E-state index in [1.165, 1.54) is 0 Å². The second kappa shape index (κ2) is 8.52. The van der Waals surface area contributed by atoms with Gasteiger partial charge in [0.2, 0.25) is 5.88 Å². The minimum atomic E-state index is -0.102. The second-order valence-electron chi connectivity index (χ2n) is 6.72. The number of rotatable bonds is 5. The van der Waals surface area contributed by atoms with Crippen molar-refractivity contribution in [3.63, 3.8) is 0 Å². The van der Waals surface area contributed by atoms with E-state index in [2.05, 4.69) is 20.2 Å². The molecule has 3 aromatic rings. The Bertz CT molecular complexity index is 893. The van der Waals surface area contributed by atoms with Crippen molar-refractivity contribution < 1.29 is 9.53 Å². The van der Waals surface area contributed by atoms with Crippen LogP contribution in [-0.2, 0) is 0 Å². The number of amides is 1. The first-order chi connectivity index (χ1) is 13.8. The number of carbonyl (C=O) groups is 1. The van der Waals surface area contributed by atoms with Gasteiger partial charge in [-0.2, -0.15) is 0 Å². The van der Waals surface area contributed by atoms with Gasteiger partial charge in [0.15, 0.2) is 0 Å². The van der Waals surface area contributed by atoms with Gasteiger partial charge in [-0.1, -0.05) is 24.3 Å². The molecule has 1 amide bonds. The zero-order chi connectivity index (χ0) is 19.2. The molecule has 0 spiro atoms. The number of pyridine rings is 2. The van der Waals surface area contributed by atoms with Crippen molar-refractivity contribution in [2.45, 2.75) is 18.9 Å². The molecule has 1 saturated heterocycles. The van der Waals surface area contributed by atoms with E-state index in [1.54, 1.807) is 24.5 Å². The fraction of sp³-hybridized carbons (Fsp3) is 0.227. The summed E-state index contributed by atoms with van der Waals surface area (Å²) in [6.45, 7) is 1.76. The standard InChI is InChI=1S/C22H22N4O2/c27-22(17-9-10-21(24-16-17)28-19-6-2-1-3-7-19)25-18-11-14-26(15-12-18)20-8-4-5-13-23-20/h1-10,13,16,18H,11-12,14-15H2,(H,25,27). The first-order valence-corrected chi connectivity index (χ1v) is 9.44. The number of nitrogens with one attached hydrogen (secondary N) is 1. The molecule has 1 N–H and O–H groups in total. The van der Waals surface area contributed by atoms with Crippen LogP contribution in [0.3, 0.4) is 0 Å². The Morgan fingerprint density at radius 3 is 2.43 bits per heavy atom. The number of hydrogen-bond acceptors (Lipinski definition) is 5. The maximum Gasteiger partial charge on any atom is 0.253 e. The number of carbonyl (C=O) groups excluding carboxylic acids is 1. The van der Waals surface area contributed by atoms with Gasteiger partial charge >= 0.3 is 0 Å². The molecule has 0 bridgehead atoms. The molecule has 4 rings (SSSR count). The predicted molar refractivity (Wildman–Crippen MR) is 108 cm³/mol. The third-order valence-corrected chi connectivity index (χ3v) is 4.77. The Labute approximate surface area is 164 Å². The lowest BCUT2D eigenvalue weighted by Crippen LogP contribution is -2.45. The highest BCUT2D eigenvalue weighted by Crippen LogP contribution is 2.20. The zero-order valence-corrected chi connectivity index (χ0v) is 15.5. The van der Waals surface area contributed by atoms with E-state index in [0.29, 0.717) is 17.2 Å². The maximum atomic E-state index is 12.5. The Balaban J connectivity index is 1.29. The number of anilines is 1. The first kappa shape index (κ1) is 18.0. The molecule has 0 aliphatic carbocycles. The van der Waals surface area contributed by atoms with E-state index in [1.807, 2.05) is 48.5 Å². The van der Waals surface area contributed by atoms with Gasteiger partial charge in [0.1, 0.15) is 11.6 Å². The van der Waals surface area contributed by atoms with Gasteiger partial charge in [-0.3, -0.25) is 4.79 Å². The van der Waals surface area contributed by atoms with Crippen molar-refractivity contribution in [2.75, 3.05) is 18.0 Å². The molecule has 1 fully saturated rings. The summed E-state index contributed by atoms with van der Waals surface area (Å²) in [5, 5.41) is 3.11. The predicted octanol–water partition coefficient (Wildman–Crippen LogP) is 3.67. The summed E-state index contributed by atoms with van der Waals surface area (Å²) in [4.78, 5) is 23.4. The summed E-state index contributed by atoms with van der Waals surface area (Å²) in [7, 11) is 0. The van der Waals surface area contributed by atoms with Gasteiger partial charge in [0.25, 0.3) is 5.91 Å². The lowest BCUT2D eigenvalue weighted by molar-refractivity contribution is 0.0930. The summed E-state index contributed by atoms with van der Waals surface area (Å²) in [6.07, 6.45) is 5.15. The molecule has 1 aliphatic rings. The third kappa shape index (κ3) is 4.46. The highest BCUT2D eigenvalue weighted by atomic mass is 16.5. The number of ether oxygens (including phenoxy) is 1. The van der Waals surface area contributed by atoms with Crippen LogP contribution < -0.4 is 15.0 Å². The molecule has 0 saturated carbocycles. The van der Waals surface area contributed by atoms with Gasteiger partial charge in [0, 0.05) is 37.6 Å². The van der Waals surface area contributed by atoms with Crippen molar-refractivity contribution in [2.24, 2.45) is 0 Å². The normalized spacial score (nSPS) is 14.5. The molecule has 0 radical (unpaired) electrons. The minimum Gasteiger partial charge on any atom is -0.439 e. The molecule has 2 aromatic heterocycles. The number of hydrogen-bond donors (Lipinski definition) is 1. The monoisotopic (exact) mass is 374 g/mol. The molecule has 1 aliphatic heterocycles. The average molecular weight is 374 g/mol. The van der Waals surface area contributed by atoms with Gasteiger partial charge in [0.05, 0.1) is 5.56 Å². The van der Waals surface area contributed by atoms with Crippen LogP contribution in [0.1, 0.15) is 23.2 Å². The molecule has 1 aromatic carbocycles. The maximum absolute atomic E-state index is 12.5. The molecule has 28 heavy (non-hydrogen) atoms. The van der Waals surface area contributed by atoms with E-state index in [-0.39, 0.29) is 11.9 Å². The second-order valence-corrected chi connectivity index (χ2v) is 6.72. The van der Waals surface area contributed by atoms with E-state index >= 15 is 0 Å². The summed E-state index contributed by atoms with van der Waals surface area (Å²) in [5.74, 6) is 2.07. The molecular weight excluding hydrogens is 352 g/mol. The van der Waals surface area contributed by atoms with Gasteiger partial charge in [-0.05, 0) is 43.2 Å². The number of nitrogens with zero attached hydrogens (tertiary/aromatic N) is 3. The van der Waals surface area contributed by atoms with Crippen molar-refractivity contribution >= 4 is 11.7 Å². The van der Waals surface area contributed by atoms with Crippen molar-refractivity contribution in [3.05, 3.63) is 78.6 Å². The highest BCUT2D eigenvalue weighted by molar-refractivity contribution is 5.94. The molecule has 6 heteroatoms. The van der Waals surface area contributed by atoms with Crippen LogP contribution in [0.15, 0.2) is 73.1 Å². The van der Waals surface area contributed by atoms with E-state index in [0.717, 1.165) is 31.7 Å². The van der Waals surface area contributed by atoms with Crippen molar-refractivity contribution in [1.82, 2.24) is 15.3 Å². The molecule has 3 heterocycles. The lowest BCUT2D eigenvalue weighted by atomic mass is 10.0. The van der Waals surface area contributed by atoms with E-state index < -0.39 is 0 Å². The quantitative estimate of drug-likeness (QED) is 0.738. The highest BCUT2D eigenvalue weighted by Gasteiger charge is 2.22. The summed E-state index contributed by atoms with van der Waals surface area (Å²) in [6, 6.07) is 19.0. The molecule has 142 valence electrons. The summed E-state index contributed by atoms with van der Waals surface area (Å²) < 4.78 is 5.66. The lowest BCUT2D eigenvalue weighted by Gasteiger charge is -2.33. The average Bonchev–Trinajstić information content (AvgIpc) is 2.76. The third-order valence-electron chi connectivity index (χ3n) is 4.77. The number of piperidine rings is 1. The van der Waals surface area contributed by atoms with Crippen LogP contribution in [0.4, 0.5) is 5.82 Å². The molecular formula is C22H22N4O2. The van der Waals surface area contributed by atoms with Crippen molar-refractivity contribution in [3.8, 4) is 11.6 Å². The van der Waals surface area contributed by atoms with Crippen LogP contribution >= 0.6 is 0 Å². The number of para-hydroxylation sites is 1. The smallest absolute Gasteiger partial charge is 0.253 e. The van der Waals surface area contributed by atoms with Crippen LogP contribution in [0.25, 0.3) is 0 Å². The fourth-order valence-corrected chi connectivity index (χ4v) is 3.25. The molecule has 0 unspecified atom stereocenters. The number of aromatic nitrogens is 2. The SMILES string of the molecule is O=C(NC1CCN(c2ccccn2)CC1)c1ccc(Oc2ccccc2)nc1. The van der Waals surface area contributed by atoms with E-state index in [4.69, 9.17) is 4.74 Å². The molecule has 0 atom stereocenters. The van der Waals surface area contributed by atoms with Crippen LogP contribution in [0.5, 0.6) is 11.6 Å². The van der Waals surface area contributed by atoms with Crippen molar-refractivity contribution in [1.29, 1.82) is 0 Å².